The maximum absolute atomic E-state index is 9.45. The lowest BCUT2D eigenvalue weighted by atomic mass is 10.1. The minimum Gasteiger partial charge on any atom is -0.506 e. The second-order valence-corrected chi connectivity index (χ2v) is 4.72. The van der Waals surface area contributed by atoms with Gasteiger partial charge in [0.1, 0.15) is 11.4 Å². The molecule has 0 saturated heterocycles. The first-order valence-electron chi connectivity index (χ1n) is 6.09. The lowest BCUT2D eigenvalue weighted by Crippen LogP contribution is -2.07. The van der Waals surface area contributed by atoms with E-state index >= 15 is 0 Å². The molecule has 0 saturated carbocycles. The molecule has 3 rings (SSSR count). The number of hydrogen-bond donors (Lipinski definition) is 1. The summed E-state index contributed by atoms with van der Waals surface area (Å²) in [6, 6.07) is 11.7. The van der Waals surface area contributed by atoms with Crippen LogP contribution in [0.1, 0.15) is 0 Å². The van der Waals surface area contributed by atoms with E-state index in [0.29, 0.717) is 0 Å². The highest BCUT2D eigenvalue weighted by molar-refractivity contribution is 5.65. The fraction of sp³-hybridized carbons (Fsp3) is 0.133. The number of fused-ring (bicyclic) bond motifs is 1. The third-order valence-electron chi connectivity index (χ3n) is 3.11. The van der Waals surface area contributed by atoms with Gasteiger partial charge in [-0.3, -0.25) is 0 Å². The zero-order valence-corrected chi connectivity index (χ0v) is 10.9. The van der Waals surface area contributed by atoms with E-state index in [-0.39, 0.29) is 5.75 Å². The predicted octanol–water partition coefficient (Wildman–Crippen LogP) is 2.77. The maximum Gasteiger partial charge on any atom is 0.137 e. The van der Waals surface area contributed by atoms with Crippen LogP contribution in [-0.2, 0) is 0 Å². The molecule has 0 bridgehead atoms. The predicted molar refractivity (Wildman–Crippen MR) is 76.6 cm³/mol. The molecule has 0 atom stereocenters. The average Bonchev–Trinajstić information content (AvgIpc) is 2.81. The van der Waals surface area contributed by atoms with E-state index in [1.54, 1.807) is 18.3 Å². The van der Waals surface area contributed by atoms with Crippen molar-refractivity contribution in [2.75, 3.05) is 19.0 Å². The first kappa shape index (κ1) is 11.6. The highest BCUT2D eigenvalue weighted by Crippen LogP contribution is 2.23. The zero-order valence-electron chi connectivity index (χ0n) is 10.9. The van der Waals surface area contributed by atoms with Gasteiger partial charge in [0.25, 0.3) is 0 Å². The molecule has 0 spiro atoms. The van der Waals surface area contributed by atoms with Crippen LogP contribution in [0.25, 0.3) is 16.9 Å². The summed E-state index contributed by atoms with van der Waals surface area (Å²) in [7, 11) is 4.03. The fourth-order valence-corrected chi connectivity index (χ4v) is 2.05. The lowest BCUT2D eigenvalue weighted by molar-refractivity contribution is 0.472. The minimum absolute atomic E-state index is 0.236. The Morgan fingerprint density at radius 1 is 1.00 bits per heavy atom. The molecule has 0 fully saturated rings. The van der Waals surface area contributed by atoms with E-state index in [1.807, 2.05) is 24.7 Å². The van der Waals surface area contributed by atoms with Crippen LogP contribution < -0.4 is 4.90 Å². The van der Waals surface area contributed by atoms with E-state index in [9.17, 15) is 5.11 Å². The van der Waals surface area contributed by atoms with Crippen molar-refractivity contribution in [2.24, 2.45) is 0 Å². The SMILES string of the molecule is CN(C)c1ccc(-c2cn3cc(O)ccc3n2)cc1. The van der Waals surface area contributed by atoms with Crippen molar-refractivity contribution in [2.45, 2.75) is 0 Å². The molecule has 1 aromatic carbocycles. The normalized spacial score (nSPS) is 10.8. The third kappa shape index (κ3) is 2.12. The third-order valence-corrected chi connectivity index (χ3v) is 3.11. The van der Waals surface area contributed by atoms with Crippen molar-refractivity contribution >= 4 is 11.3 Å². The molecule has 4 heteroatoms. The van der Waals surface area contributed by atoms with Crippen LogP contribution >= 0.6 is 0 Å². The highest BCUT2D eigenvalue weighted by Gasteiger charge is 2.05. The van der Waals surface area contributed by atoms with Crippen LogP contribution in [0.2, 0.25) is 0 Å². The van der Waals surface area contributed by atoms with Gasteiger partial charge in [-0.15, -0.1) is 0 Å². The lowest BCUT2D eigenvalue weighted by Gasteiger charge is -2.12. The van der Waals surface area contributed by atoms with Crippen LogP contribution in [0.3, 0.4) is 0 Å². The van der Waals surface area contributed by atoms with E-state index in [2.05, 4.69) is 34.1 Å². The first-order valence-corrected chi connectivity index (χ1v) is 6.09. The quantitative estimate of drug-likeness (QED) is 0.763. The first-order chi connectivity index (χ1) is 9.13. The molecule has 4 nitrogen and oxygen atoms in total. The number of nitrogens with zero attached hydrogens (tertiary/aromatic N) is 3. The molecule has 96 valence electrons. The van der Waals surface area contributed by atoms with Gasteiger partial charge in [-0.2, -0.15) is 0 Å². The van der Waals surface area contributed by atoms with E-state index in [1.165, 1.54) is 0 Å². The Bertz CT molecular complexity index is 714. The van der Waals surface area contributed by atoms with Crippen LogP contribution in [0.15, 0.2) is 48.8 Å². The van der Waals surface area contributed by atoms with Crippen LogP contribution in [-0.4, -0.2) is 28.6 Å². The molecule has 2 aromatic heterocycles. The van der Waals surface area contributed by atoms with Gasteiger partial charge in [0.05, 0.1) is 11.9 Å². The average molecular weight is 253 g/mol. The Hall–Kier alpha value is -2.49. The van der Waals surface area contributed by atoms with E-state index < -0.39 is 0 Å². The minimum atomic E-state index is 0.236. The number of aromatic nitrogens is 2. The standard InChI is InChI=1S/C15H15N3O/c1-17(2)12-5-3-11(4-6-12)14-10-18-9-13(19)7-8-15(18)16-14/h3-10,19H,1-2H3. The molecule has 0 radical (unpaired) electrons. The Morgan fingerprint density at radius 3 is 2.42 bits per heavy atom. The van der Waals surface area contributed by atoms with Gasteiger partial charge in [-0.25, -0.2) is 4.98 Å². The molecule has 2 heterocycles. The number of pyridine rings is 1. The largest absolute Gasteiger partial charge is 0.506 e. The summed E-state index contributed by atoms with van der Waals surface area (Å²) in [6.07, 6.45) is 3.57. The zero-order chi connectivity index (χ0) is 13.4. The summed E-state index contributed by atoms with van der Waals surface area (Å²) in [5, 5.41) is 9.45. The van der Waals surface area contributed by atoms with Crippen molar-refractivity contribution in [1.29, 1.82) is 0 Å². The molecular weight excluding hydrogens is 238 g/mol. The maximum atomic E-state index is 9.45. The Morgan fingerprint density at radius 2 is 1.74 bits per heavy atom. The summed E-state index contributed by atoms with van der Waals surface area (Å²) >= 11 is 0. The van der Waals surface area contributed by atoms with Crippen LogP contribution in [0, 0.1) is 0 Å². The monoisotopic (exact) mass is 253 g/mol. The Balaban J connectivity index is 2.03. The van der Waals surface area contributed by atoms with E-state index in [0.717, 1.165) is 22.6 Å². The number of hydrogen-bond acceptors (Lipinski definition) is 3. The Kier molecular flexibility index (Phi) is 2.63. The summed E-state index contributed by atoms with van der Waals surface area (Å²) in [6.45, 7) is 0. The number of benzene rings is 1. The van der Waals surface area contributed by atoms with Gasteiger partial charge in [-0.05, 0) is 24.3 Å². The molecule has 0 aliphatic rings. The fourth-order valence-electron chi connectivity index (χ4n) is 2.05. The summed E-state index contributed by atoms with van der Waals surface area (Å²) < 4.78 is 1.82. The van der Waals surface area contributed by atoms with Crippen molar-refractivity contribution in [1.82, 2.24) is 9.38 Å². The van der Waals surface area contributed by atoms with Gasteiger partial charge in [0, 0.05) is 31.5 Å². The topological polar surface area (TPSA) is 40.8 Å². The molecule has 19 heavy (non-hydrogen) atoms. The summed E-state index contributed by atoms with van der Waals surface area (Å²) in [5.74, 6) is 0.236. The van der Waals surface area contributed by atoms with Crippen molar-refractivity contribution < 1.29 is 5.11 Å². The van der Waals surface area contributed by atoms with Crippen molar-refractivity contribution in [3.05, 3.63) is 48.8 Å². The van der Waals surface area contributed by atoms with Gasteiger partial charge < -0.3 is 14.4 Å². The number of imidazole rings is 1. The molecule has 0 aliphatic carbocycles. The number of aromatic hydroxyl groups is 1. The summed E-state index contributed by atoms with van der Waals surface area (Å²) in [5.41, 5.74) is 3.94. The second-order valence-electron chi connectivity index (χ2n) is 4.72. The summed E-state index contributed by atoms with van der Waals surface area (Å²) in [4.78, 5) is 6.60. The van der Waals surface area contributed by atoms with Gasteiger partial charge in [0.15, 0.2) is 0 Å². The van der Waals surface area contributed by atoms with Crippen molar-refractivity contribution in [3.8, 4) is 17.0 Å². The molecular formula is C15H15N3O. The second kappa shape index (κ2) is 4.31. The Labute approximate surface area is 111 Å². The molecule has 0 unspecified atom stereocenters. The van der Waals surface area contributed by atoms with Gasteiger partial charge >= 0.3 is 0 Å². The van der Waals surface area contributed by atoms with Crippen LogP contribution in [0.5, 0.6) is 5.75 Å². The van der Waals surface area contributed by atoms with E-state index in [4.69, 9.17) is 0 Å². The number of anilines is 1. The highest BCUT2D eigenvalue weighted by atomic mass is 16.3. The smallest absolute Gasteiger partial charge is 0.137 e. The molecule has 1 N–H and O–H groups in total. The molecule has 3 aromatic rings. The van der Waals surface area contributed by atoms with Gasteiger partial charge in [-0.1, -0.05) is 12.1 Å². The van der Waals surface area contributed by atoms with Crippen LogP contribution in [0.4, 0.5) is 5.69 Å². The van der Waals surface area contributed by atoms with Gasteiger partial charge in [0.2, 0.25) is 0 Å². The number of rotatable bonds is 2. The molecule has 0 aliphatic heterocycles. The van der Waals surface area contributed by atoms with Crippen molar-refractivity contribution in [3.63, 3.8) is 0 Å². The molecule has 0 amide bonds.